The van der Waals surface area contributed by atoms with Crippen molar-refractivity contribution < 1.29 is 13.7 Å². The molecule has 0 bridgehead atoms. The van der Waals surface area contributed by atoms with Gasteiger partial charge in [0.2, 0.25) is 5.67 Å². The van der Waals surface area contributed by atoms with Gasteiger partial charge in [-0.05, 0) is 44.7 Å². The van der Waals surface area contributed by atoms with Crippen LogP contribution in [0.2, 0.25) is 0 Å². The molecular weight excluding hydrogens is 317 g/mol. The van der Waals surface area contributed by atoms with Crippen molar-refractivity contribution in [3.63, 3.8) is 0 Å². The third-order valence-corrected chi connectivity index (χ3v) is 5.44. The maximum atomic E-state index is 15.3. The van der Waals surface area contributed by atoms with E-state index in [4.69, 9.17) is 4.52 Å². The van der Waals surface area contributed by atoms with Gasteiger partial charge in [0.05, 0.1) is 11.4 Å². The Morgan fingerprint density at radius 2 is 2.30 bits per heavy atom. The summed E-state index contributed by atoms with van der Waals surface area (Å²) in [6.07, 6.45) is 2.99. The number of carbonyl (C=O) groups excluding carboxylic acids is 1. The van der Waals surface area contributed by atoms with Crippen molar-refractivity contribution in [1.29, 1.82) is 0 Å². The van der Waals surface area contributed by atoms with Gasteiger partial charge in [-0.1, -0.05) is 5.16 Å². The van der Waals surface area contributed by atoms with Crippen molar-refractivity contribution in [2.24, 2.45) is 0 Å². The van der Waals surface area contributed by atoms with Crippen LogP contribution in [0.1, 0.15) is 57.9 Å². The monoisotopic (exact) mass is 335 g/mol. The SMILES string of the molecule is Cc1ccc(C(=O)N2CCCC(F)(c3nc(C4CC4)no3)C2)s1. The van der Waals surface area contributed by atoms with E-state index in [0.29, 0.717) is 36.0 Å². The highest BCUT2D eigenvalue weighted by molar-refractivity contribution is 7.13. The van der Waals surface area contributed by atoms with Crippen molar-refractivity contribution in [3.05, 3.63) is 33.6 Å². The highest BCUT2D eigenvalue weighted by Crippen LogP contribution is 2.41. The lowest BCUT2D eigenvalue weighted by Gasteiger charge is -2.34. The third kappa shape index (κ3) is 2.78. The number of alkyl halides is 1. The average Bonchev–Trinajstić information content (AvgIpc) is 3.09. The fourth-order valence-corrected chi connectivity index (χ4v) is 3.82. The van der Waals surface area contributed by atoms with Gasteiger partial charge in [0, 0.05) is 17.3 Å². The molecule has 1 saturated carbocycles. The van der Waals surface area contributed by atoms with E-state index in [2.05, 4.69) is 10.1 Å². The minimum absolute atomic E-state index is 0.0188. The molecule has 0 spiro atoms. The third-order valence-electron chi connectivity index (χ3n) is 4.45. The number of hydrogen-bond donors (Lipinski definition) is 0. The van der Waals surface area contributed by atoms with E-state index in [-0.39, 0.29) is 18.3 Å². The molecule has 2 aromatic heterocycles. The summed E-state index contributed by atoms with van der Waals surface area (Å²) in [7, 11) is 0. The summed E-state index contributed by atoms with van der Waals surface area (Å²) in [5.41, 5.74) is -1.74. The summed E-state index contributed by atoms with van der Waals surface area (Å²) in [6.45, 7) is 2.50. The number of halogens is 1. The molecule has 0 radical (unpaired) electrons. The first-order valence-electron chi connectivity index (χ1n) is 7.94. The van der Waals surface area contributed by atoms with E-state index in [9.17, 15) is 4.79 Å². The number of piperidine rings is 1. The van der Waals surface area contributed by atoms with E-state index in [1.165, 1.54) is 11.3 Å². The Balaban J connectivity index is 1.54. The van der Waals surface area contributed by atoms with Crippen LogP contribution in [-0.4, -0.2) is 34.0 Å². The highest BCUT2D eigenvalue weighted by Gasteiger charge is 2.44. The molecule has 1 aliphatic heterocycles. The van der Waals surface area contributed by atoms with Gasteiger partial charge in [-0.25, -0.2) is 4.39 Å². The molecule has 23 heavy (non-hydrogen) atoms. The lowest BCUT2D eigenvalue weighted by molar-refractivity contribution is 0.0155. The summed E-state index contributed by atoms with van der Waals surface area (Å²) in [5, 5.41) is 3.90. The second-order valence-corrected chi connectivity index (χ2v) is 7.73. The highest BCUT2D eigenvalue weighted by atomic mass is 32.1. The van der Waals surface area contributed by atoms with Crippen molar-refractivity contribution in [3.8, 4) is 0 Å². The zero-order chi connectivity index (χ0) is 16.0. The number of amides is 1. The van der Waals surface area contributed by atoms with Gasteiger partial charge in [0.25, 0.3) is 11.8 Å². The van der Waals surface area contributed by atoms with E-state index >= 15 is 4.39 Å². The number of aromatic nitrogens is 2. The van der Waals surface area contributed by atoms with Crippen LogP contribution < -0.4 is 0 Å². The Kier molecular flexibility index (Phi) is 3.48. The molecule has 5 nitrogen and oxygen atoms in total. The van der Waals surface area contributed by atoms with Crippen LogP contribution in [0.4, 0.5) is 4.39 Å². The largest absolute Gasteiger partial charge is 0.336 e. The maximum absolute atomic E-state index is 15.3. The molecule has 4 rings (SSSR count). The summed E-state index contributed by atoms with van der Waals surface area (Å²) >= 11 is 1.44. The van der Waals surface area contributed by atoms with Gasteiger partial charge < -0.3 is 9.42 Å². The molecule has 7 heteroatoms. The Bertz CT molecular complexity index is 739. The van der Waals surface area contributed by atoms with Crippen molar-refractivity contribution in [2.45, 2.75) is 44.2 Å². The summed E-state index contributed by atoms with van der Waals surface area (Å²) in [6, 6.07) is 3.71. The average molecular weight is 335 g/mol. The van der Waals surface area contributed by atoms with Crippen molar-refractivity contribution in [2.75, 3.05) is 13.1 Å². The zero-order valence-corrected chi connectivity index (χ0v) is 13.7. The predicted octanol–water partition coefficient (Wildman–Crippen LogP) is 3.42. The molecule has 0 aromatic carbocycles. The second-order valence-electron chi connectivity index (χ2n) is 6.44. The molecule has 0 N–H and O–H groups in total. The molecular formula is C16H18FN3O2S. The van der Waals surface area contributed by atoms with Crippen LogP contribution in [-0.2, 0) is 5.67 Å². The molecule has 2 fully saturated rings. The van der Waals surface area contributed by atoms with Crippen LogP contribution in [0.3, 0.4) is 0 Å². The standard InChI is InChI=1S/C16H18FN3O2S/c1-10-3-6-12(23-10)14(21)20-8-2-7-16(17,9-20)15-18-13(19-22-15)11-4-5-11/h3,6,11H,2,4-5,7-9H2,1H3. The minimum Gasteiger partial charge on any atom is -0.336 e. The Morgan fingerprint density at radius 1 is 1.48 bits per heavy atom. The molecule has 1 saturated heterocycles. The van der Waals surface area contributed by atoms with Gasteiger partial charge in [-0.15, -0.1) is 11.3 Å². The number of likely N-dealkylation sites (tertiary alicyclic amines) is 1. The second kappa shape index (κ2) is 5.40. The van der Waals surface area contributed by atoms with Gasteiger partial charge in [0.15, 0.2) is 5.82 Å². The molecule has 2 aliphatic rings. The van der Waals surface area contributed by atoms with E-state index in [0.717, 1.165) is 17.7 Å². The Hall–Kier alpha value is -1.76. The fraction of sp³-hybridized carbons (Fsp3) is 0.562. The fourth-order valence-electron chi connectivity index (χ4n) is 2.99. The molecule has 1 atom stereocenters. The van der Waals surface area contributed by atoms with Crippen LogP contribution in [0.25, 0.3) is 0 Å². The molecule has 1 unspecified atom stereocenters. The van der Waals surface area contributed by atoms with E-state index in [1.807, 2.05) is 13.0 Å². The molecule has 2 aromatic rings. The topological polar surface area (TPSA) is 59.2 Å². The Labute approximate surface area is 137 Å². The summed E-state index contributed by atoms with van der Waals surface area (Å²) < 4.78 is 20.5. The Morgan fingerprint density at radius 3 is 3.00 bits per heavy atom. The normalized spacial score (nSPS) is 24.9. The molecule has 1 aliphatic carbocycles. The number of carbonyl (C=O) groups is 1. The van der Waals surface area contributed by atoms with Gasteiger partial charge in [0.1, 0.15) is 0 Å². The van der Waals surface area contributed by atoms with Crippen molar-refractivity contribution in [1.82, 2.24) is 15.0 Å². The quantitative estimate of drug-likeness (QED) is 0.862. The minimum atomic E-state index is -1.74. The van der Waals surface area contributed by atoms with Crippen LogP contribution in [0, 0.1) is 6.92 Å². The number of thiophene rings is 1. The number of aryl methyl sites for hydroxylation is 1. The first kappa shape index (κ1) is 14.8. The zero-order valence-electron chi connectivity index (χ0n) is 12.9. The van der Waals surface area contributed by atoms with E-state index < -0.39 is 5.67 Å². The first-order chi connectivity index (χ1) is 11.0. The lowest BCUT2D eigenvalue weighted by Crippen LogP contribution is -2.46. The van der Waals surface area contributed by atoms with E-state index in [1.54, 1.807) is 11.0 Å². The number of rotatable bonds is 3. The van der Waals surface area contributed by atoms with Gasteiger partial charge >= 0.3 is 0 Å². The molecule has 3 heterocycles. The van der Waals surface area contributed by atoms with Gasteiger partial charge in [-0.2, -0.15) is 4.98 Å². The number of nitrogens with zero attached hydrogens (tertiary/aromatic N) is 3. The molecule has 122 valence electrons. The summed E-state index contributed by atoms with van der Waals surface area (Å²) in [5.74, 6) is 0.840. The predicted molar refractivity (Wildman–Crippen MR) is 83.3 cm³/mol. The van der Waals surface area contributed by atoms with Crippen LogP contribution in [0.5, 0.6) is 0 Å². The summed E-state index contributed by atoms with van der Waals surface area (Å²) in [4.78, 5) is 20.1. The van der Waals surface area contributed by atoms with Crippen LogP contribution >= 0.6 is 11.3 Å². The lowest BCUT2D eigenvalue weighted by atomic mass is 9.94. The van der Waals surface area contributed by atoms with Crippen LogP contribution in [0.15, 0.2) is 16.7 Å². The number of hydrogen-bond acceptors (Lipinski definition) is 5. The smallest absolute Gasteiger partial charge is 0.266 e. The van der Waals surface area contributed by atoms with Gasteiger partial charge in [-0.3, -0.25) is 4.79 Å². The van der Waals surface area contributed by atoms with Crippen molar-refractivity contribution >= 4 is 17.2 Å². The maximum Gasteiger partial charge on any atom is 0.266 e. The first-order valence-corrected chi connectivity index (χ1v) is 8.75. The molecule has 1 amide bonds.